The quantitative estimate of drug-likeness (QED) is 0.220. The normalized spacial score (nSPS) is 11.9. The van der Waals surface area contributed by atoms with Gasteiger partial charge in [-0.2, -0.15) is 0 Å². The lowest BCUT2D eigenvalue weighted by molar-refractivity contribution is 1.74. The van der Waals surface area contributed by atoms with Crippen LogP contribution in [-0.2, 0) is 0 Å². The Labute approximate surface area is 183 Å². The highest BCUT2D eigenvalue weighted by atomic mass is 79.9. The largest absolute Gasteiger partial charge is 0.135 e. The third-order valence-electron chi connectivity index (χ3n) is 5.20. The minimum atomic E-state index is 0.785. The molecule has 0 fully saturated rings. The van der Waals surface area contributed by atoms with E-state index in [0.717, 1.165) is 9.50 Å². The van der Waals surface area contributed by atoms with Gasteiger partial charge in [0, 0.05) is 49.8 Å². The highest BCUT2D eigenvalue weighted by molar-refractivity contribution is 9.10. The topological polar surface area (TPSA) is 0 Å². The number of rotatable bonds is 1. The van der Waals surface area contributed by atoms with Gasteiger partial charge < -0.3 is 0 Å². The molecule has 0 spiro atoms. The van der Waals surface area contributed by atoms with Crippen molar-refractivity contribution < 1.29 is 0 Å². The van der Waals surface area contributed by atoms with Crippen LogP contribution >= 0.6 is 50.2 Å². The van der Waals surface area contributed by atoms with E-state index in [9.17, 15) is 0 Å². The lowest BCUT2D eigenvalue weighted by Gasteiger charge is -2.05. The summed E-state index contributed by atoms with van der Waals surface area (Å²) >= 11 is 13.6. The fourth-order valence-corrected chi connectivity index (χ4v) is 6.94. The van der Waals surface area contributed by atoms with Crippen molar-refractivity contribution in [1.29, 1.82) is 0 Å². The molecule has 134 valence electrons. The standard InChI is InChI=1S/C24H12BrClS2/c25-14-5-8-18-17-7-4-13(10-22(17)28-23(18)11-14)16-2-1-3-21-24(16)19-12-15(26)6-9-20(19)27-21/h1-12H. The highest BCUT2D eigenvalue weighted by Crippen LogP contribution is 2.43. The van der Waals surface area contributed by atoms with Gasteiger partial charge in [0.1, 0.15) is 0 Å². The molecule has 0 aliphatic rings. The summed E-state index contributed by atoms with van der Waals surface area (Å²) in [6.07, 6.45) is 0. The van der Waals surface area contributed by atoms with E-state index in [1.807, 2.05) is 28.7 Å². The Morgan fingerprint density at radius 2 is 1.43 bits per heavy atom. The maximum Gasteiger partial charge on any atom is 0.0413 e. The third kappa shape index (κ3) is 2.54. The molecule has 0 atom stereocenters. The average Bonchev–Trinajstić information content (AvgIpc) is 3.24. The molecule has 28 heavy (non-hydrogen) atoms. The Bertz CT molecular complexity index is 1540. The van der Waals surface area contributed by atoms with Gasteiger partial charge in [0.25, 0.3) is 0 Å². The summed E-state index contributed by atoms with van der Waals surface area (Å²) in [5.41, 5.74) is 2.52. The zero-order chi connectivity index (χ0) is 18.8. The van der Waals surface area contributed by atoms with Crippen LogP contribution in [0.2, 0.25) is 5.02 Å². The molecule has 6 aromatic rings. The first-order chi connectivity index (χ1) is 13.7. The minimum Gasteiger partial charge on any atom is -0.135 e. The van der Waals surface area contributed by atoms with Crippen molar-refractivity contribution in [2.45, 2.75) is 0 Å². The Kier molecular flexibility index (Phi) is 3.82. The van der Waals surface area contributed by atoms with Crippen LogP contribution in [0.25, 0.3) is 51.5 Å². The van der Waals surface area contributed by atoms with Crippen molar-refractivity contribution in [2.24, 2.45) is 0 Å². The van der Waals surface area contributed by atoms with Gasteiger partial charge in [-0.25, -0.2) is 0 Å². The summed E-state index contributed by atoms with van der Waals surface area (Å²) in [4.78, 5) is 0. The zero-order valence-corrected chi connectivity index (χ0v) is 18.5. The van der Waals surface area contributed by atoms with Crippen molar-refractivity contribution >= 4 is 90.5 Å². The fraction of sp³-hybridized carbons (Fsp3) is 0. The van der Waals surface area contributed by atoms with Crippen LogP contribution < -0.4 is 0 Å². The number of halogens is 2. The Balaban J connectivity index is 1.66. The maximum atomic E-state index is 6.31. The van der Waals surface area contributed by atoms with Crippen LogP contribution in [0.15, 0.2) is 77.3 Å². The Morgan fingerprint density at radius 1 is 0.643 bits per heavy atom. The molecule has 4 heteroatoms. The van der Waals surface area contributed by atoms with Gasteiger partial charge >= 0.3 is 0 Å². The van der Waals surface area contributed by atoms with E-state index < -0.39 is 0 Å². The molecule has 4 aromatic carbocycles. The van der Waals surface area contributed by atoms with Gasteiger partial charge in [-0.15, -0.1) is 22.7 Å². The monoisotopic (exact) mass is 478 g/mol. The van der Waals surface area contributed by atoms with E-state index in [-0.39, 0.29) is 0 Å². The summed E-state index contributed by atoms with van der Waals surface area (Å²) in [5.74, 6) is 0. The average molecular weight is 480 g/mol. The van der Waals surface area contributed by atoms with Crippen molar-refractivity contribution in [3.63, 3.8) is 0 Å². The second-order valence-electron chi connectivity index (χ2n) is 6.87. The molecule has 2 aromatic heterocycles. The first-order valence-corrected chi connectivity index (χ1v) is 11.7. The van der Waals surface area contributed by atoms with Gasteiger partial charge in [-0.3, -0.25) is 0 Å². The molecule has 0 unspecified atom stereocenters. The fourth-order valence-electron chi connectivity index (χ4n) is 3.96. The van der Waals surface area contributed by atoms with E-state index >= 15 is 0 Å². The van der Waals surface area contributed by atoms with Crippen LogP contribution in [0.5, 0.6) is 0 Å². The van der Waals surface area contributed by atoms with Crippen molar-refractivity contribution in [2.75, 3.05) is 0 Å². The van der Waals surface area contributed by atoms with Crippen LogP contribution in [0.3, 0.4) is 0 Å². The molecule has 0 radical (unpaired) electrons. The first-order valence-electron chi connectivity index (χ1n) is 8.90. The van der Waals surface area contributed by atoms with E-state index in [1.165, 1.54) is 51.5 Å². The number of benzene rings is 4. The molecule has 0 nitrogen and oxygen atoms in total. The molecule has 0 amide bonds. The Morgan fingerprint density at radius 3 is 2.32 bits per heavy atom. The maximum absolute atomic E-state index is 6.31. The molecule has 6 rings (SSSR count). The van der Waals surface area contributed by atoms with E-state index in [2.05, 4.69) is 82.7 Å². The van der Waals surface area contributed by atoms with Crippen LogP contribution in [0.4, 0.5) is 0 Å². The number of fused-ring (bicyclic) bond motifs is 6. The smallest absolute Gasteiger partial charge is 0.0413 e. The van der Waals surface area contributed by atoms with Gasteiger partial charge in [-0.1, -0.05) is 57.9 Å². The van der Waals surface area contributed by atoms with Gasteiger partial charge in [0.15, 0.2) is 0 Å². The van der Waals surface area contributed by atoms with E-state index in [0.29, 0.717) is 0 Å². The second-order valence-corrected chi connectivity index (χ2v) is 10.4. The van der Waals surface area contributed by atoms with E-state index in [4.69, 9.17) is 11.6 Å². The summed E-state index contributed by atoms with van der Waals surface area (Å²) in [6, 6.07) is 26.1. The summed E-state index contributed by atoms with van der Waals surface area (Å²) in [7, 11) is 0. The summed E-state index contributed by atoms with van der Waals surface area (Å²) in [6.45, 7) is 0. The van der Waals surface area contributed by atoms with Crippen molar-refractivity contribution in [3.05, 3.63) is 82.3 Å². The minimum absolute atomic E-state index is 0.785. The van der Waals surface area contributed by atoms with E-state index in [1.54, 1.807) is 0 Å². The summed E-state index contributed by atoms with van der Waals surface area (Å²) < 4.78 is 6.33. The molecule has 0 bridgehead atoms. The molecule has 0 aliphatic heterocycles. The number of hydrogen-bond acceptors (Lipinski definition) is 2. The molecular formula is C24H12BrClS2. The van der Waals surface area contributed by atoms with Crippen molar-refractivity contribution in [1.82, 2.24) is 0 Å². The number of thiophene rings is 2. The lowest BCUT2D eigenvalue weighted by atomic mass is 9.98. The molecule has 0 saturated carbocycles. The van der Waals surface area contributed by atoms with Gasteiger partial charge in [-0.05, 0) is 53.6 Å². The SMILES string of the molecule is Clc1ccc2sc3cccc(-c4ccc5c(c4)sc4cc(Br)ccc45)c3c2c1. The van der Waals surface area contributed by atoms with Crippen LogP contribution in [-0.4, -0.2) is 0 Å². The Hall–Kier alpha value is -1.91. The second kappa shape index (κ2) is 6.30. The molecular weight excluding hydrogens is 468 g/mol. The first kappa shape index (κ1) is 17.0. The highest BCUT2D eigenvalue weighted by Gasteiger charge is 2.13. The molecule has 2 heterocycles. The van der Waals surface area contributed by atoms with Gasteiger partial charge in [0.2, 0.25) is 0 Å². The predicted molar refractivity (Wildman–Crippen MR) is 130 cm³/mol. The number of hydrogen-bond donors (Lipinski definition) is 0. The van der Waals surface area contributed by atoms with Crippen molar-refractivity contribution in [3.8, 4) is 11.1 Å². The molecule has 0 aliphatic carbocycles. The van der Waals surface area contributed by atoms with Crippen LogP contribution in [0.1, 0.15) is 0 Å². The molecule has 0 saturated heterocycles. The molecule has 0 N–H and O–H groups in total. The summed E-state index contributed by atoms with van der Waals surface area (Å²) in [5, 5.41) is 5.96. The predicted octanol–water partition coefficient (Wildman–Crippen LogP) is 9.51. The van der Waals surface area contributed by atoms with Gasteiger partial charge in [0.05, 0.1) is 0 Å². The zero-order valence-electron chi connectivity index (χ0n) is 14.5. The third-order valence-corrected chi connectivity index (χ3v) is 8.18. The lowest BCUT2D eigenvalue weighted by Crippen LogP contribution is -1.79. The van der Waals surface area contributed by atoms with Crippen LogP contribution in [0, 0.1) is 0 Å².